The van der Waals surface area contributed by atoms with Crippen molar-refractivity contribution in [3.05, 3.63) is 99.9 Å². The van der Waals surface area contributed by atoms with Gasteiger partial charge in [-0.15, -0.1) is 0 Å². The van der Waals surface area contributed by atoms with Gasteiger partial charge in [0.2, 0.25) is 0 Å². The molecule has 1 N–H and O–H groups in total. The van der Waals surface area contributed by atoms with Crippen molar-refractivity contribution >= 4 is 17.1 Å². The van der Waals surface area contributed by atoms with E-state index in [1.165, 1.54) is 40.1 Å². The van der Waals surface area contributed by atoms with E-state index in [0.717, 1.165) is 42.1 Å². The van der Waals surface area contributed by atoms with Crippen LogP contribution in [0.25, 0.3) is 5.76 Å². The second kappa shape index (κ2) is 8.05. The first kappa shape index (κ1) is 20.1. The molecule has 5 heteroatoms. The highest BCUT2D eigenvalue weighted by Crippen LogP contribution is 2.37. The predicted molar refractivity (Wildman–Crippen MR) is 125 cm³/mol. The molecule has 0 aromatic heterocycles. The number of halogens is 1. The number of benzene rings is 3. The normalized spacial score (nSPS) is 14.4. The molecule has 4 nitrogen and oxygen atoms in total. The van der Waals surface area contributed by atoms with Gasteiger partial charge in [0, 0.05) is 42.1 Å². The fourth-order valence-electron chi connectivity index (χ4n) is 4.60. The Bertz CT molecular complexity index is 1270. The van der Waals surface area contributed by atoms with E-state index < -0.39 is 5.82 Å². The van der Waals surface area contributed by atoms with Crippen molar-refractivity contribution in [3.8, 4) is 6.07 Å². The molecule has 0 bridgehead atoms. The molecule has 32 heavy (non-hydrogen) atoms. The van der Waals surface area contributed by atoms with E-state index in [-0.39, 0.29) is 5.56 Å². The molecule has 0 spiro atoms. The van der Waals surface area contributed by atoms with Gasteiger partial charge in [-0.2, -0.15) is 5.26 Å². The predicted octanol–water partition coefficient (Wildman–Crippen LogP) is 5.68. The van der Waals surface area contributed by atoms with E-state index in [1.54, 1.807) is 6.07 Å². The second-order valence-electron chi connectivity index (χ2n) is 8.38. The van der Waals surface area contributed by atoms with Gasteiger partial charge in [0.1, 0.15) is 24.3 Å². The van der Waals surface area contributed by atoms with Gasteiger partial charge in [0.15, 0.2) is 0 Å². The van der Waals surface area contributed by atoms with Crippen molar-refractivity contribution < 1.29 is 9.13 Å². The lowest BCUT2D eigenvalue weighted by molar-refractivity contribution is 0.286. The maximum Gasteiger partial charge on any atom is 0.141 e. The average molecular weight is 426 g/mol. The molecular formula is C27H24FN3O. The molecule has 0 saturated carbocycles. The van der Waals surface area contributed by atoms with Gasteiger partial charge in [-0.1, -0.05) is 18.7 Å². The number of rotatable bonds is 4. The number of ether oxygens (including phenoxy) is 1. The summed E-state index contributed by atoms with van der Waals surface area (Å²) in [7, 11) is 0. The van der Waals surface area contributed by atoms with Crippen LogP contribution in [0.4, 0.5) is 15.8 Å². The summed E-state index contributed by atoms with van der Waals surface area (Å²) in [5.74, 6) is 0.289. The van der Waals surface area contributed by atoms with E-state index >= 15 is 0 Å². The third-order valence-electron chi connectivity index (χ3n) is 6.47. The minimum atomic E-state index is -0.477. The van der Waals surface area contributed by atoms with E-state index in [9.17, 15) is 4.39 Å². The van der Waals surface area contributed by atoms with Crippen LogP contribution in [0.3, 0.4) is 0 Å². The van der Waals surface area contributed by atoms with E-state index in [4.69, 9.17) is 10.00 Å². The Morgan fingerprint density at radius 3 is 2.84 bits per heavy atom. The Balaban J connectivity index is 1.29. The van der Waals surface area contributed by atoms with E-state index in [0.29, 0.717) is 13.2 Å². The molecular weight excluding hydrogens is 401 g/mol. The van der Waals surface area contributed by atoms with Crippen LogP contribution in [0.1, 0.15) is 38.9 Å². The molecule has 5 rings (SSSR count). The number of fused-ring (bicyclic) bond motifs is 2. The van der Waals surface area contributed by atoms with Crippen molar-refractivity contribution in [3.63, 3.8) is 0 Å². The zero-order valence-electron chi connectivity index (χ0n) is 18.0. The number of nitriles is 1. The topological polar surface area (TPSA) is 48.3 Å². The van der Waals surface area contributed by atoms with Crippen molar-refractivity contribution in [2.75, 3.05) is 16.8 Å². The maximum atomic E-state index is 13.8. The highest BCUT2D eigenvalue weighted by atomic mass is 19.1. The van der Waals surface area contributed by atoms with Gasteiger partial charge in [-0.05, 0) is 72.0 Å². The van der Waals surface area contributed by atoms with Crippen molar-refractivity contribution in [2.45, 2.75) is 33.0 Å². The lowest BCUT2D eigenvalue weighted by Gasteiger charge is -2.32. The number of nitrogens with one attached hydrogen (secondary N) is 1. The third kappa shape index (κ3) is 3.58. The van der Waals surface area contributed by atoms with Crippen molar-refractivity contribution in [2.24, 2.45) is 0 Å². The number of hydrogen-bond acceptors (Lipinski definition) is 4. The lowest BCUT2D eigenvalue weighted by atomic mass is 9.96. The molecule has 0 aliphatic carbocycles. The van der Waals surface area contributed by atoms with Crippen molar-refractivity contribution in [1.82, 2.24) is 0 Å². The Labute approximate surface area is 187 Å². The molecule has 0 saturated heterocycles. The molecule has 160 valence electrons. The summed E-state index contributed by atoms with van der Waals surface area (Å²) >= 11 is 0. The maximum absolute atomic E-state index is 13.8. The second-order valence-corrected chi connectivity index (χ2v) is 8.38. The fourth-order valence-corrected chi connectivity index (χ4v) is 4.60. The standard InChI is InChI=1S/C27H24FN3O/c1-17-25-16-32-18(2)24(25)7-8-27(17)31-10-9-20-12-23(6-5-22(20)15-31)30-14-19-3-4-21(13-29)26(28)11-19/h3-8,11-12,30H,2,9-10,14-16H2,1H3. The summed E-state index contributed by atoms with van der Waals surface area (Å²) in [6, 6.07) is 17.3. The molecule has 2 heterocycles. The first-order chi connectivity index (χ1) is 15.5. The number of nitrogens with zero attached hydrogens (tertiary/aromatic N) is 2. The Morgan fingerprint density at radius 2 is 2.03 bits per heavy atom. The minimum absolute atomic E-state index is 0.0724. The summed E-state index contributed by atoms with van der Waals surface area (Å²) in [6.45, 7) is 9.11. The Hall–Kier alpha value is -3.78. The van der Waals surface area contributed by atoms with Gasteiger partial charge in [-0.25, -0.2) is 4.39 Å². The highest BCUT2D eigenvalue weighted by molar-refractivity contribution is 5.71. The summed E-state index contributed by atoms with van der Waals surface area (Å²) in [5.41, 5.74) is 9.48. The van der Waals surface area contributed by atoms with Crippen LogP contribution in [-0.2, 0) is 30.9 Å². The first-order valence-corrected chi connectivity index (χ1v) is 10.8. The largest absolute Gasteiger partial charge is 0.489 e. The molecule has 3 aromatic carbocycles. The zero-order chi connectivity index (χ0) is 22.2. The number of hydrogen-bond donors (Lipinski definition) is 1. The summed E-state index contributed by atoms with van der Waals surface area (Å²) in [4.78, 5) is 2.44. The van der Waals surface area contributed by atoms with Crippen LogP contribution in [0, 0.1) is 24.1 Å². The summed E-state index contributed by atoms with van der Waals surface area (Å²) in [5, 5.41) is 12.2. The summed E-state index contributed by atoms with van der Waals surface area (Å²) < 4.78 is 19.5. The van der Waals surface area contributed by atoms with Gasteiger partial charge >= 0.3 is 0 Å². The minimum Gasteiger partial charge on any atom is -0.489 e. The molecule has 0 atom stereocenters. The SMILES string of the molecule is C=C1OCc2c1ccc(N1CCc3cc(NCc4ccc(C#N)c(F)c4)ccc3C1)c2C. The van der Waals surface area contributed by atoms with Gasteiger partial charge in [-0.3, -0.25) is 0 Å². The van der Waals surface area contributed by atoms with Crippen LogP contribution in [0.5, 0.6) is 0 Å². The monoisotopic (exact) mass is 425 g/mol. The third-order valence-corrected chi connectivity index (χ3v) is 6.47. The molecule has 0 amide bonds. The van der Waals surface area contributed by atoms with Gasteiger partial charge in [0.05, 0.1) is 5.56 Å². The summed E-state index contributed by atoms with van der Waals surface area (Å²) in [6.07, 6.45) is 0.968. The molecule has 2 aliphatic heterocycles. The fraction of sp³-hybridized carbons (Fsp3) is 0.222. The van der Waals surface area contributed by atoms with Crippen LogP contribution in [0.15, 0.2) is 55.1 Å². The Kier molecular flexibility index (Phi) is 5.07. The van der Waals surface area contributed by atoms with Crippen molar-refractivity contribution in [1.29, 1.82) is 5.26 Å². The van der Waals surface area contributed by atoms with E-state index in [2.05, 4.69) is 54.1 Å². The molecule has 2 aliphatic rings. The Morgan fingerprint density at radius 1 is 1.16 bits per heavy atom. The van der Waals surface area contributed by atoms with Crippen LogP contribution in [0.2, 0.25) is 0 Å². The quantitative estimate of drug-likeness (QED) is 0.584. The van der Waals surface area contributed by atoms with E-state index in [1.807, 2.05) is 6.07 Å². The van der Waals surface area contributed by atoms with Crippen LogP contribution < -0.4 is 10.2 Å². The molecule has 0 radical (unpaired) electrons. The zero-order valence-corrected chi connectivity index (χ0v) is 18.0. The van der Waals surface area contributed by atoms with Gasteiger partial charge in [0.25, 0.3) is 0 Å². The molecule has 3 aromatic rings. The lowest BCUT2D eigenvalue weighted by Crippen LogP contribution is -2.31. The molecule has 0 fully saturated rings. The molecule has 0 unspecified atom stereocenters. The van der Waals surface area contributed by atoms with Crippen LogP contribution >= 0.6 is 0 Å². The highest BCUT2D eigenvalue weighted by Gasteiger charge is 2.24. The number of anilines is 2. The first-order valence-electron chi connectivity index (χ1n) is 10.8. The van der Waals surface area contributed by atoms with Crippen LogP contribution in [-0.4, -0.2) is 6.54 Å². The average Bonchev–Trinajstić information content (AvgIpc) is 3.19. The smallest absolute Gasteiger partial charge is 0.141 e. The van der Waals surface area contributed by atoms with Gasteiger partial charge < -0.3 is 15.0 Å².